The van der Waals surface area contributed by atoms with Gasteiger partial charge in [0.1, 0.15) is 20.0 Å². The Bertz CT molecular complexity index is 2080. The molecule has 3 aliphatic carbocycles. The molecule has 0 N–H and O–H groups in total. The number of carbonyl (C=O) groups excluding carboxylic acids is 3. The number of ether oxygens (including phenoxy) is 6. The van der Waals surface area contributed by atoms with Gasteiger partial charge >= 0.3 is 17.9 Å². The zero-order valence-electron chi connectivity index (χ0n) is 43.4. The van der Waals surface area contributed by atoms with Crippen LogP contribution in [0.25, 0.3) is 0 Å². The van der Waals surface area contributed by atoms with E-state index in [0.29, 0.717) is 13.0 Å². The minimum absolute atomic E-state index is 0.0153. The van der Waals surface area contributed by atoms with Crippen LogP contribution in [0, 0.1) is 35.0 Å². The smallest absolute Gasteiger partial charge is 0.351 e. The molecule has 0 aromatic heterocycles. The molecule has 0 bridgehead atoms. The van der Waals surface area contributed by atoms with Crippen molar-refractivity contribution in [1.82, 2.24) is 0 Å². The van der Waals surface area contributed by atoms with E-state index in [0.717, 1.165) is 44.1 Å². The molecular weight excluding hydrogens is 901 g/mol. The van der Waals surface area contributed by atoms with Gasteiger partial charge in [-0.15, -0.1) is 6.58 Å². The van der Waals surface area contributed by atoms with Crippen molar-refractivity contribution in [3.05, 3.63) is 121 Å². The molecule has 378 valence electrons. The number of hydrogen-bond donors (Lipinski definition) is 0. The van der Waals surface area contributed by atoms with Gasteiger partial charge in [0.25, 0.3) is 8.32 Å². The minimum atomic E-state index is -2.91. The molecule has 0 spiro atoms. The molecule has 2 aromatic carbocycles. The van der Waals surface area contributed by atoms with Crippen molar-refractivity contribution in [2.45, 2.75) is 122 Å². The summed E-state index contributed by atoms with van der Waals surface area (Å²) in [4.78, 5) is 41.9. The molecule has 0 aliphatic heterocycles. The highest BCUT2D eigenvalue weighted by Crippen LogP contribution is 2.57. The Morgan fingerprint density at radius 3 is 2.10 bits per heavy atom. The molecule has 12 heteroatoms. The second kappa shape index (κ2) is 24.8. The van der Waals surface area contributed by atoms with E-state index < -0.39 is 45.3 Å². The minimum Gasteiger partial charge on any atom is -0.466 e. The van der Waals surface area contributed by atoms with Crippen LogP contribution in [0.3, 0.4) is 0 Å². The van der Waals surface area contributed by atoms with Crippen LogP contribution in [-0.2, 0) is 47.2 Å². The average molecular weight is 983 g/mol. The summed E-state index contributed by atoms with van der Waals surface area (Å²) < 4.78 is 42.3. The monoisotopic (exact) mass is 983 g/mol. The van der Waals surface area contributed by atoms with Gasteiger partial charge in [-0.2, -0.15) is 0 Å². The Labute approximate surface area is 416 Å². The quantitative estimate of drug-likeness (QED) is 0.0251. The summed E-state index contributed by atoms with van der Waals surface area (Å²) in [6.45, 7) is 26.2. The van der Waals surface area contributed by atoms with Gasteiger partial charge in [0.2, 0.25) is 5.60 Å². The molecule has 5 rings (SSSR count). The van der Waals surface area contributed by atoms with Crippen molar-refractivity contribution in [1.29, 1.82) is 0 Å². The lowest BCUT2D eigenvalue weighted by Crippen LogP contribution is -2.66. The highest BCUT2D eigenvalue weighted by Gasteiger charge is 2.58. The van der Waals surface area contributed by atoms with Crippen LogP contribution in [0.4, 0.5) is 0 Å². The van der Waals surface area contributed by atoms with Gasteiger partial charge in [-0.25, -0.2) is 9.59 Å². The van der Waals surface area contributed by atoms with E-state index in [2.05, 4.69) is 134 Å². The van der Waals surface area contributed by atoms with E-state index in [9.17, 15) is 14.4 Å². The summed E-state index contributed by atoms with van der Waals surface area (Å²) in [6.07, 6.45) is 18.0. The van der Waals surface area contributed by atoms with Gasteiger partial charge in [-0.05, 0) is 77.8 Å². The van der Waals surface area contributed by atoms with Crippen molar-refractivity contribution in [3.63, 3.8) is 0 Å². The molecule has 2 aromatic rings. The Balaban J connectivity index is 1.47. The second-order valence-electron chi connectivity index (χ2n) is 21.5. The molecule has 0 unspecified atom stereocenters. The lowest BCUT2D eigenvalue weighted by atomic mass is 9.54. The van der Waals surface area contributed by atoms with E-state index in [4.69, 9.17) is 32.8 Å². The summed E-state index contributed by atoms with van der Waals surface area (Å²) in [7, 11) is -1.77. The van der Waals surface area contributed by atoms with Gasteiger partial charge in [-0.1, -0.05) is 169 Å². The van der Waals surface area contributed by atoms with Gasteiger partial charge in [0.05, 0.1) is 39.9 Å². The second-order valence-corrected chi connectivity index (χ2v) is 30.9. The van der Waals surface area contributed by atoms with Gasteiger partial charge in [0, 0.05) is 25.4 Å². The molecule has 0 heterocycles. The maximum Gasteiger partial charge on any atom is 0.351 e. The molecule has 3 aliphatic rings. The van der Waals surface area contributed by atoms with Crippen LogP contribution in [-0.4, -0.2) is 93.4 Å². The van der Waals surface area contributed by atoms with Crippen molar-refractivity contribution in [3.8, 4) is 0 Å². The van der Waals surface area contributed by atoms with Crippen molar-refractivity contribution in [2.24, 2.45) is 35.0 Å². The van der Waals surface area contributed by atoms with Crippen LogP contribution < -0.4 is 10.4 Å². The predicted molar refractivity (Wildman–Crippen MR) is 280 cm³/mol. The average Bonchev–Trinajstić information content (AvgIpc) is 3.32. The molecule has 8 atom stereocenters. The number of rotatable bonds is 24. The Morgan fingerprint density at radius 2 is 1.52 bits per heavy atom. The molecule has 0 saturated heterocycles. The number of hydrogen-bond acceptors (Lipinski definition) is 10. The number of carbonyl (C=O) groups is 3. The Hall–Kier alpha value is -4.18. The van der Waals surface area contributed by atoms with Crippen molar-refractivity contribution < 1.29 is 47.2 Å². The third kappa shape index (κ3) is 12.7. The van der Waals surface area contributed by atoms with Gasteiger partial charge in [-0.3, -0.25) is 4.79 Å². The molecule has 0 amide bonds. The normalized spacial score (nSPS) is 26.3. The molecular formula is C57H82O10Si2. The lowest BCUT2D eigenvalue weighted by Gasteiger charge is -2.54. The third-order valence-electron chi connectivity index (χ3n) is 15.0. The van der Waals surface area contributed by atoms with Crippen molar-refractivity contribution >= 4 is 44.7 Å². The molecule has 10 nitrogen and oxygen atoms in total. The summed E-state index contributed by atoms with van der Waals surface area (Å²) in [5.74, 6) is -2.10. The van der Waals surface area contributed by atoms with Crippen LogP contribution >= 0.6 is 0 Å². The summed E-state index contributed by atoms with van der Waals surface area (Å²) in [5.41, 5.74) is -1.34. The standard InChI is InChI=1S/C57H82O10Si2/c1-13-34-63-40-51(58)67-57(54(60)62-9)38-42(3)43(39-66-69(55(4,5)6,46-28-21-17-22-29-46)47-30-23-18-24-31-47)36-45(57)27-20-16-15-19-26-44-37-50(68(10,11)12)52-48(32-25-33-49(52)65-41-61-8)56(44,7)53(59)64-35-14-2/h13-14,17-18,20-24,27-31,36-37,42,44-45,48-49,52H,1-2,15-16,19,25-26,32-35,38-41H2,3-12H3/b27-20+/t42-,44-,45-,48-,49+,52+,56-,57+/m1/s1. The zero-order valence-corrected chi connectivity index (χ0v) is 45.4. The fourth-order valence-corrected chi connectivity index (χ4v) is 18.2. The largest absolute Gasteiger partial charge is 0.466 e. The first kappa shape index (κ1) is 55.7. The third-order valence-corrected chi connectivity index (χ3v) is 22.2. The topological polar surface area (TPSA) is 116 Å². The predicted octanol–water partition coefficient (Wildman–Crippen LogP) is 10.5. The van der Waals surface area contributed by atoms with Gasteiger partial charge in [0.15, 0.2) is 0 Å². The lowest BCUT2D eigenvalue weighted by molar-refractivity contribution is -0.189. The summed E-state index contributed by atoms with van der Waals surface area (Å²) >= 11 is 0. The first-order valence-electron chi connectivity index (χ1n) is 25.1. The first-order chi connectivity index (χ1) is 32.8. The summed E-state index contributed by atoms with van der Waals surface area (Å²) in [6, 6.07) is 21.1. The number of methoxy groups -OCH3 is 2. The highest BCUT2D eigenvalue weighted by molar-refractivity contribution is 6.99. The Kier molecular flexibility index (Phi) is 20.0. The molecule has 1 saturated carbocycles. The van der Waals surface area contributed by atoms with Crippen LogP contribution in [0.1, 0.15) is 86.0 Å². The molecule has 1 fully saturated rings. The van der Waals surface area contributed by atoms with E-state index >= 15 is 0 Å². The maximum absolute atomic E-state index is 14.3. The number of allylic oxidation sites excluding steroid dienone is 2. The fraction of sp³-hybridized carbons (Fsp3) is 0.561. The highest BCUT2D eigenvalue weighted by atomic mass is 28.4. The van der Waals surface area contributed by atoms with E-state index in [1.807, 2.05) is 18.2 Å². The summed E-state index contributed by atoms with van der Waals surface area (Å²) in [5, 5.41) is 3.59. The number of esters is 3. The number of unbranched alkanes of at least 4 members (excludes halogenated alkanes) is 2. The van der Waals surface area contributed by atoms with Crippen molar-refractivity contribution in [2.75, 3.05) is 47.4 Å². The van der Waals surface area contributed by atoms with Crippen LogP contribution in [0.15, 0.2) is 121 Å². The van der Waals surface area contributed by atoms with E-state index in [1.165, 1.54) is 22.7 Å². The number of benzene rings is 2. The van der Waals surface area contributed by atoms with Crippen LogP contribution in [0.2, 0.25) is 24.7 Å². The van der Waals surface area contributed by atoms with Gasteiger partial charge < -0.3 is 32.8 Å². The fourth-order valence-electron chi connectivity index (χ4n) is 11.6. The SMILES string of the molecule is C=CCOCC(=O)O[C@@]1(C(=O)OC)C[C@@H](C)C(CO[Si](c2ccccc2)(c2ccccc2)C(C)(C)C)=C[C@H]1/C=C/CCCC[C@@H]1C=C([Si](C)(C)C)[C@@H]2[C@@H](OCOC)CCC[C@H]2[C@]1(C)C(=O)OCC=C. The van der Waals surface area contributed by atoms with Crippen LogP contribution in [0.5, 0.6) is 0 Å². The molecule has 69 heavy (non-hydrogen) atoms. The number of fused-ring (bicyclic) bond motifs is 1. The zero-order chi connectivity index (χ0) is 50.5. The van der Waals surface area contributed by atoms with E-state index in [1.54, 1.807) is 19.3 Å². The Morgan fingerprint density at radius 1 is 0.870 bits per heavy atom. The molecule has 0 radical (unpaired) electrons. The first-order valence-corrected chi connectivity index (χ1v) is 30.5. The maximum atomic E-state index is 14.3. The van der Waals surface area contributed by atoms with E-state index in [-0.39, 0.29) is 73.8 Å².